The fourth-order valence-electron chi connectivity index (χ4n) is 5.15. The first-order valence-corrected chi connectivity index (χ1v) is 13.5. The van der Waals surface area contributed by atoms with Gasteiger partial charge >= 0.3 is 5.97 Å². The van der Waals surface area contributed by atoms with Crippen molar-refractivity contribution in [2.45, 2.75) is 57.8 Å². The van der Waals surface area contributed by atoms with Crippen LogP contribution in [-0.4, -0.2) is 29.4 Å². The summed E-state index contributed by atoms with van der Waals surface area (Å²) in [5.74, 6) is -0.344. The fourth-order valence-corrected chi connectivity index (χ4v) is 5.15. The monoisotopic (exact) mass is 512 g/mol. The summed E-state index contributed by atoms with van der Waals surface area (Å²) < 4.78 is 0. The van der Waals surface area contributed by atoms with Gasteiger partial charge in [-0.1, -0.05) is 55.5 Å². The highest BCUT2D eigenvalue weighted by Gasteiger charge is 2.24. The number of anilines is 1. The first kappa shape index (κ1) is 27.1. The number of aryl methyl sites for hydroxylation is 1. The molecule has 0 atom stereocenters. The summed E-state index contributed by atoms with van der Waals surface area (Å²) in [7, 11) is 0. The average Bonchev–Trinajstić information content (AvgIpc) is 2.94. The number of hydrogen-bond donors (Lipinski definition) is 3. The lowest BCUT2D eigenvalue weighted by molar-refractivity contribution is -0.138. The molecule has 6 heteroatoms. The molecular weight excluding hydrogens is 476 g/mol. The number of carbonyl (C=O) groups is 3. The zero-order valence-electron chi connectivity index (χ0n) is 21.9. The normalized spacial score (nSPS) is 17.0. The molecule has 1 aliphatic carbocycles. The van der Waals surface area contributed by atoms with E-state index in [4.69, 9.17) is 5.11 Å². The molecule has 0 saturated heterocycles. The van der Waals surface area contributed by atoms with Crippen molar-refractivity contribution in [1.82, 2.24) is 5.32 Å². The lowest BCUT2D eigenvalue weighted by Gasteiger charge is -2.28. The molecule has 1 aliphatic rings. The summed E-state index contributed by atoms with van der Waals surface area (Å²) >= 11 is 0. The Labute approximate surface area is 224 Å². The Balaban J connectivity index is 1.19. The minimum absolute atomic E-state index is 0.155. The third kappa shape index (κ3) is 7.54. The molecule has 38 heavy (non-hydrogen) atoms. The van der Waals surface area contributed by atoms with Crippen LogP contribution < -0.4 is 10.6 Å². The van der Waals surface area contributed by atoms with E-state index in [1.807, 2.05) is 36.4 Å². The number of benzene rings is 3. The Kier molecular flexibility index (Phi) is 9.30. The Morgan fingerprint density at radius 3 is 2.00 bits per heavy atom. The number of nitrogens with one attached hydrogen (secondary N) is 2. The van der Waals surface area contributed by atoms with Gasteiger partial charge in [0.25, 0.3) is 5.91 Å². The molecule has 6 nitrogen and oxygen atoms in total. The smallest absolute Gasteiger partial charge is 0.303 e. The Morgan fingerprint density at radius 1 is 0.816 bits per heavy atom. The van der Waals surface area contributed by atoms with E-state index in [-0.39, 0.29) is 37.1 Å². The van der Waals surface area contributed by atoms with E-state index in [9.17, 15) is 14.4 Å². The molecule has 0 aliphatic heterocycles. The predicted molar refractivity (Wildman–Crippen MR) is 150 cm³/mol. The quantitative estimate of drug-likeness (QED) is 0.292. The van der Waals surface area contributed by atoms with E-state index in [0.29, 0.717) is 11.5 Å². The van der Waals surface area contributed by atoms with Gasteiger partial charge in [-0.25, -0.2) is 0 Å². The van der Waals surface area contributed by atoms with Gasteiger partial charge in [-0.2, -0.15) is 0 Å². The van der Waals surface area contributed by atoms with Gasteiger partial charge in [0, 0.05) is 30.6 Å². The van der Waals surface area contributed by atoms with Crippen molar-refractivity contribution in [3.8, 4) is 11.1 Å². The number of rotatable bonds is 10. The first-order chi connectivity index (χ1) is 18.4. The topological polar surface area (TPSA) is 95.5 Å². The van der Waals surface area contributed by atoms with Gasteiger partial charge in [0.2, 0.25) is 5.91 Å². The van der Waals surface area contributed by atoms with E-state index < -0.39 is 5.97 Å². The van der Waals surface area contributed by atoms with Crippen LogP contribution in [0.4, 0.5) is 5.69 Å². The van der Waals surface area contributed by atoms with Gasteiger partial charge < -0.3 is 15.7 Å². The van der Waals surface area contributed by atoms with Gasteiger partial charge in [0.1, 0.15) is 0 Å². The highest BCUT2D eigenvalue weighted by Crippen LogP contribution is 2.37. The zero-order valence-corrected chi connectivity index (χ0v) is 21.9. The van der Waals surface area contributed by atoms with Crippen molar-refractivity contribution in [3.05, 3.63) is 89.5 Å². The summed E-state index contributed by atoms with van der Waals surface area (Å²) in [6.45, 7) is 2.38. The highest BCUT2D eigenvalue weighted by molar-refractivity contribution is 5.95. The zero-order chi connectivity index (χ0) is 26.9. The van der Waals surface area contributed by atoms with Crippen molar-refractivity contribution in [3.63, 3.8) is 0 Å². The summed E-state index contributed by atoms with van der Waals surface area (Å²) in [4.78, 5) is 35.8. The third-order valence-electron chi connectivity index (χ3n) is 7.46. The number of carboxylic acids is 1. The minimum Gasteiger partial charge on any atom is -0.481 e. The second-order valence-corrected chi connectivity index (χ2v) is 10.1. The molecule has 4 rings (SSSR count). The van der Waals surface area contributed by atoms with E-state index in [0.717, 1.165) is 48.9 Å². The molecule has 0 aromatic heterocycles. The molecule has 2 amide bonds. The van der Waals surface area contributed by atoms with Crippen molar-refractivity contribution in [2.24, 2.45) is 5.92 Å². The van der Waals surface area contributed by atoms with Crippen LogP contribution >= 0.6 is 0 Å². The molecule has 198 valence electrons. The molecule has 0 spiro atoms. The molecule has 0 radical (unpaired) electrons. The largest absolute Gasteiger partial charge is 0.481 e. The van der Waals surface area contributed by atoms with Gasteiger partial charge in [-0.15, -0.1) is 0 Å². The van der Waals surface area contributed by atoms with Crippen molar-refractivity contribution in [2.75, 3.05) is 11.9 Å². The maximum absolute atomic E-state index is 12.5. The summed E-state index contributed by atoms with van der Waals surface area (Å²) in [5.41, 5.74) is 5.98. The standard InChI is InChI=1S/C32H36N2O4/c1-2-22-3-7-24(8-4-22)26-11-13-28(14-12-26)32(38)33-20-19-30(35)34-29-17-15-27(16-18-29)25-9-5-23(6-10-25)21-31(36)37/h3-4,7-8,11-18,23,25H,2,5-6,9-10,19-21H2,1H3,(H,33,38)(H,34,35)(H,36,37). The maximum Gasteiger partial charge on any atom is 0.303 e. The van der Waals surface area contributed by atoms with E-state index in [2.05, 4.69) is 41.8 Å². The number of carbonyl (C=O) groups excluding carboxylic acids is 2. The van der Waals surface area contributed by atoms with E-state index >= 15 is 0 Å². The number of amides is 2. The van der Waals surface area contributed by atoms with Gasteiger partial charge in [0.15, 0.2) is 0 Å². The molecule has 1 fully saturated rings. The predicted octanol–water partition coefficient (Wildman–Crippen LogP) is 6.42. The summed E-state index contributed by atoms with van der Waals surface area (Å²) in [6, 6.07) is 23.8. The number of carboxylic acid groups (broad SMARTS) is 1. The van der Waals surface area contributed by atoms with Crippen LogP contribution in [0.5, 0.6) is 0 Å². The van der Waals surface area contributed by atoms with Crippen LogP contribution in [0, 0.1) is 5.92 Å². The molecule has 3 aromatic rings. The molecule has 0 heterocycles. The van der Waals surface area contributed by atoms with Crippen molar-refractivity contribution < 1.29 is 19.5 Å². The first-order valence-electron chi connectivity index (χ1n) is 13.5. The van der Waals surface area contributed by atoms with Crippen LogP contribution in [0.2, 0.25) is 0 Å². The van der Waals surface area contributed by atoms with Crippen molar-refractivity contribution >= 4 is 23.5 Å². The van der Waals surface area contributed by atoms with E-state index in [1.165, 1.54) is 11.1 Å². The van der Waals surface area contributed by atoms with Crippen LogP contribution in [0.15, 0.2) is 72.8 Å². The summed E-state index contributed by atoms with van der Waals surface area (Å²) in [5, 5.41) is 14.7. The molecule has 0 bridgehead atoms. The average molecular weight is 513 g/mol. The van der Waals surface area contributed by atoms with Crippen LogP contribution in [0.1, 0.15) is 72.9 Å². The lowest BCUT2D eigenvalue weighted by atomic mass is 9.77. The maximum atomic E-state index is 12.5. The molecular formula is C32H36N2O4. The Bertz CT molecular complexity index is 1230. The van der Waals surface area contributed by atoms with Gasteiger partial charge in [0.05, 0.1) is 0 Å². The Hall–Kier alpha value is -3.93. The molecule has 1 saturated carbocycles. The van der Waals surface area contributed by atoms with Crippen LogP contribution in [-0.2, 0) is 16.0 Å². The van der Waals surface area contributed by atoms with E-state index in [1.54, 1.807) is 12.1 Å². The highest BCUT2D eigenvalue weighted by atomic mass is 16.4. The fraction of sp³-hybridized carbons (Fsp3) is 0.344. The van der Waals surface area contributed by atoms with Crippen molar-refractivity contribution in [1.29, 1.82) is 0 Å². The minimum atomic E-state index is -0.712. The van der Waals surface area contributed by atoms with Crippen LogP contribution in [0.25, 0.3) is 11.1 Å². The third-order valence-corrected chi connectivity index (χ3v) is 7.46. The Morgan fingerprint density at radius 2 is 1.42 bits per heavy atom. The molecule has 0 unspecified atom stereocenters. The number of hydrogen-bond acceptors (Lipinski definition) is 3. The molecule has 3 N–H and O–H groups in total. The SMILES string of the molecule is CCc1ccc(-c2ccc(C(=O)NCCC(=O)Nc3ccc(C4CCC(CC(=O)O)CC4)cc3)cc2)cc1. The van der Waals surface area contributed by atoms with Gasteiger partial charge in [-0.05, 0) is 90.5 Å². The number of aliphatic carboxylic acids is 1. The second kappa shape index (κ2) is 13.0. The molecule has 3 aromatic carbocycles. The summed E-state index contributed by atoms with van der Waals surface area (Å²) in [6.07, 6.45) is 5.33. The van der Waals surface area contributed by atoms with Gasteiger partial charge in [-0.3, -0.25) is 14.4 Å². The van der Waals surface area contributed by atoms with Crippen LogP contribution in [0.3, 0.4) is 0 Å². The second-order valence-electron chi connectivity index (χ2n) is 10.1. The lowest BCUT2D eigenvalue weighted by Crippen LogP contribution is -2.27.